The van der Waals surface area contributed by atoms with Crippen molar-refractivity contribution in [1.29, 1.82) is 0 Å². The van der Waals surface area contributed by atoms with E-state index in [1.54, 1.807) is 30.0 Å². The van der Waals surface area contributed by atoms with Crippen molar-refractivity contribution in [3.05, 3.63) is 23.8 Å². The van der Waals surface area contributed by atoms with Gasteiger partial charge in [0.15, 0.2) is 0 Å². The smallest absolute Gasteiger partial charge is 0.240 e. The third kappa shape index (κ3) is 4.67. The molecule has 23 heavy (non-hydrogen) atoms. The molecule has 1 aliphatic rings. The first-order valence-electron chi connectivity index (χ1n) is 7.53. The fraction of sp³-hybridized carbons (Fsp3) is 0.533. The summed E-state index contributed by atoms with van der Waals surface area (Å²) >= 11 is 0. The Morgan fingerprint density at radius 3 is 2.74 bits per heavy atom. The number of nitrogens with zero attached hydrogens (tertiary/aromatic N) is 1. The lowest BCUT2D eigenvalue weighted by molar-refractivity contribution is -0.118. The molecular formula is C15H24ClN3O3S. The number of rotatable bonds is 6. The van der Waals surface area contributed by atoms with Crippen LogP contribution < -0.4 is 15.4 Å². The van der Waals surface area contributed by atoms with Crippen LogP contribution in [-0.4, -0.2) is 33.5 Å². The SMILES string of the molecule is CCNS(=O)(=O)c1ccc2c(c1)N(C(=O)CCC(C)N)CC2.Cl. The van der Waals surface area contributed by atoms with Crippen molar-refractivity contribution in [1.82, 2.24) is 4.72 Å². The van der Waals surface area contributed by atoms with Gasteiger partial charge in [0.05, 0.1) is 4.90 Å². The molecule has 0 saturated carbocycles. The summed E-state index contributed by atoms with van der Waals surface area (Å²) in [6.45, 7) is 4.52. The van der Waals surface area contributed by atoms with Gasteiger partial charge in [0, 0.05) is 31.2 Å². The van der Waals surface area contributed by atoms with Crippen LogP contribution in [0.4, 0.5) is 5.69 Å². The van der Waals surface area contributed by atoms with E-state index in [4.69, 9.17) is 5.73 Å². The van der Waals surface area contributed by atoms with E-state index in [-0.39, 0.29) is 29.3 Å². The number of nitrogens with two attached hydrogens (primary N) is 1. The summed E-state index contributed by atoms with van der Waals surface area (Å²) in [5, 5.41) is 0. The molecule has 0 aliphatic carbocycles. The highest BCUT2D eigenvalue weighted by atomic mass is 35.5. The Balaban J connectivity index is 0.00000264. The van der Waals surface area contributed by atoms with Gasteiger partial charge in [-0.1, -0.05) is 13.0 Å². The largest absolute Gasteiger partial charge is 0.328 e. The van der Waals surface area contributed by atoms with Gasteiger partial charge in [-0.15, -0.1) is 12.4 Å². The molecule has 1 aliphatic heterocycles. The van der Waals surface area contributed by atoms with Gasteiger partial charge >= 0.3 is 0 Å². The van der Waals surface area contributed by atoms with E-state index in [1.165, 1.54) is 0 Å². The van der Waals surface area contributed by atoms with Crippen molar-refractivity contribution < 1.29 is 13.2 Å². The predicted octanol–water partition coefficient (Wildman–Crippen LogP) is 1.42. The van der Waals surface area contributed by atoms with Crippen LogP contribution in [0.1, 0.15) is 32.3 Å². The van der Waals surface area contributed by atoms with Gasteiger partial charge in [-0.25, -0.2) is 13.1 Å². The molecule has 2 rings (SSSR count). The minimum Gasteiger partial charge on any atom is -0.328 e. The summed E-state index contributed by atoms with van der Waals surface area (Å²) in [6.07, 6.45) is 1.75. The Morgan fingerprint density at radius 2 is 2.13 bits per heavy atom. The van der Waals surface area contributed by atoms with Gasteiger partial charge in [0.2, 0.25) is 15.9 Å². The van der Waals surface area contributed by atoms with Gasteiger partial charge < -0.3 is 10.6 Å². The maximum atomic E-state index is 12.3. The first kappa shape index (κ1) is 19.9. The van der Waals surface area contributed by atoms with Crippen LogP contribution >= 0.6 is 12.4 Å². The molecule has 1 amide bonds. The monoisotopic (exact) mass is 361 g/mol. The summed E-state index contributed by atoms with van der Waals surface area (Å²) in [7, 11) is -3.51. The topological polar surface area (TPSA) is 92.5 Å². The summed E-state index contributed by atoms with van der Waals surface area (Å²) in [5.41, 5.74) is 7.40. The fourth-order valence-electron chi connectivity index (χ4n) is 2.54. The highest BCUT2D eigenvalue weighted by molar-refractivity contribution is 7.89. The zero-order chi connectivity index (χ0) is 16.3. The number of anilines is 1. The van der Waals surface area contributed by atoms with Gasteiger partial charge in [-0.3, -0.25) is 4.79 Å². The van der Waals surface area contributed by atoms with Crippen LogP contribution in [0.5, 0.6) is 0 Å². The van der Waals surface area contributed by atoms with Crippen molar-refractivity contribution in [2.24, 2.45) is 5.73 Å². The average molecular weight is 362 g/mol. The molecule has 1 unspecified atom stereocenters. The molecule has 0 bridgehead atoms. The normalized spacial score (nSPS) is 15.0. The number of nitrogens with one attached hydrogen (secondary N) is 1. The molecule has 3 N–H and O–H groups in total. The van der Waals surface area contributed by atoms with Crippen LogP contribution in [0.2, 0.25) is 0 Å². The van der Waals surface area contributed by atoms with E-state index < -0.39 is 10.0 Å². The lowest BCUT2D eigenvalue weighted by Crippen LogP contribution is -2.30. The molecule has 1 heterocycles. The molecular weight excluding hydrogens is 338 g/mol. The summed E-state index contributed by atoms with van der Waals surface area (Å²) in [4.78, 5) is 14.2. The van der Waals surface area contributed by atoms with Crippen LogP contribution in [0, 0.1) is 0 Å². The van der Waals surface area contributed by atoms with E-state index in [2.05, 4.69) is 4.72 Å². The number of amides is 1. The minimum atomic E-state index is -3.51. The van der Waals surface area contributed by atoms with Crippen LogP contribution in [0.25, 0.3) is 0 Å². The Hall–Kier alpha value is -1.15. The molecule has 6 nitrogen and oxygen atoms in total. The van der Waals surface area contributed by atoms with Crippen molar-refractivity contribution in [3.63, 3.8) is 0 Å². The summed E-state index contributed by atoms with van der Waals surface area (Å²) in [5.74, 6) is -0.00551. The third-order valence-electron chi connectivity index (χ3n) is 3.71. The summed E-state index contributed by atoms with van der Waals surface area (Å²) in [6, 6.07) is 4.95. The quantitative estimate of drug-likeness (QED) is 0.801. The first-order chi connectivity index (χ1) is 10.3. The maximum Gasteiger partial charge on any atom is 0.240 e. The van der Waals surface area contributed by atoms with E-state index >= 15 is 0 Å². The van der Waals surface area contributed by atoms with Gasteiger partial charge in [0.25, 0.3) is 0 Å². The molecule has 130 valence electrons. The van der Waals surface area contributed by atoms with Crippen LogP contribution in [0.15, 0.2) is 23.1 Å². The molecule has 0 radical (unpaired) electrons. The van der Waals surface area contributed by atoms with Gasteiger partial charge in [-0.05, 0) is 37.5 Å². The van der Waals surface area contributed by atoms with E-state index in [0.29, 0.717) is 31.6 Å². The fourth-order valence-corrected chi connectivity index (χ4v) is 3.61. The van der Waals surface area contributed by atoms with E-state index in [0.717, 1.165) is 12.0 Å². The lowest BCUT2D eigenvalue weighted by atomic mass is 10.1. The summed E-state index contributed by atoms with van der Waals surface area (Å²) < 4.78 is 26.7. The molecule has 0 spiro atoms. The predicted molar refractivity (Wildman–Crippen MR) is 93.5 cm³/mol. The molecule has 1 aromatic rings. The number of hydrogen-bond donors (Lipinski definition) is 2. The second kappa shape index (κ2) is 8.10. The van der Waals surface area contributed by atoms with Crippen molar-refractivity contribution in [3.8, 4) is 0 Å². The molecule has 8 heteroatoms. The van der Waals surface area contributed by atoms with Crippen molar-refractivity contribution in [2.45, 2.75) is 44.0 Å². The Kier molecular flexibility index (Phi) is 7.01. The Morgan fingerprint density at radius 1 is 1.43 bits per heavy atom. The second-order valence-corrected chi connectivity index (χ2v) is 7.37. The average Bonchev–Trinajstić information content (AvgIpc) is 2.87. The van der Waals surface area contributed by atoms with Crippen molar-refractivity contribution >= 4 is 34.0 Å². The molecule has 1 aromatic carbocycles. The lowest BCUT2D eigenvalue weighted by Gasteiger charge is -2.18. The van der Waals surface area contributed by atoms with E-state index in [9.17, 15) is 13.2 Å². The van der Waals surface area contributed by atoms with Gasteiger partial charge in [-0.2, -0.15) is 0 Å². The Labute approximate surface area is 143 Å². The van der Waals surface area contributed by atoms with Crippen LogP contribution in [0.3, 0.4) is 0 Å². The third-order valence-corrected chi connectivity index (χ3v) is 5.25. The number of carbonyl (C=O) groups is 1. The molecule has 0 aromatic heterocycles. The number of halogens is 1. The highest BCUT2D eigenvalue weighted by Crippen LogP contribution is 2.31. The highest BCUT2D eigenvalue weighted by Gasteiger charge is 2.26. The zero-order valence-corrected chi connectivity index (χ0v) is 15.0. The molecule has 0 fully saturated rings. The zero-order valence-electron chi connectivity index (χ0n) is 13.4. The number of benzene rings is 1. The first-order valence-corrected chi connectivity index (χ1v) is 9.02. The Bertz CT molecular complexity index is 662. The number of fused-ring (bicyclic) bond motifs is 1. The molecule has 0 saturated heterocycles. The standard InChI is InChI=1S/C15H23N3O3S.ClH/c1-3-17-22(20,21)13-6-5-12-8-9-18(14(12)10-13)15(19)7-4-11(2)16;/h5-6,10-11,17H,3-4,7-9,16H2,1-2H3;1H. The van der Waals surface area contributed by atoms with Crippen molar-refractivity contribution in [2.75, 3.05) is 18.0 Å². The second-order valence-electron chi connectivity index (χ2n) is 5.60. The van der Waals surface area contributed by atoms with E-state index in [1.807, 2.05) is 6.92 Å². The minimum absolute atomic E-state index is 0. The van der Waals surface area contributed by atoms with Crippen LogP contribution in [-0.2, 0) is 21.2 Å². The molecule has 1 atom stereocenters. The van der Waals surface area contributed by atoms with Gasteiger partial charge in [0.1, 0.15) is 0 Å². The number of hydrogen-bond acceptors (Lipinski definition) is 4. The number of carbonyl (C=O) groups excluding carboxylic acids is 1. The maximum absolute atomic E-state index is 12.3. The number of sulfonamides is 1.